The summed E-state index contributed by atoms with van der Waals surface area (Å²) in [7, 11) is -6.26. The molecule has 0 bridgehead atoms. The van der Waals surface area contributed by atoms with Crippen LogP contribution in [0.1, 0.15) is 39.7 Å². The SMILES string of the molecule is [2H]/C(=C(/CCO[Si](c1ccccc1)(c1ccccc1)C(C)(C)C)S(=O)c1ccc(C)cc1)S(=O)c1ccc(C)cc1. The molecule has 2 atom stereocenters. The van der Waals surface area contributed by atoms with E-state index < -0.39 is 29.9 Å². The molecule has 208 valence electrons. The molecule has 0 spiro atoms. The first-order chi connectivity index (χ1) is 19.5. The van der Waals surface area contributed by atoms with Gasteiger partial charge in [0.15, 0.2) is 0 Å². The maximum Gasteiger partial charge on any atom is 0.261 e. The number of hydrogen-bond acceptors (Lipinski definition) is 3. The fourth-order valence-corrected chi connectivity index (χ4v) is 11.7. The van der Waals surface area contributed by atoms with E-state index in [-0.39, 0.29) is 23.5 Å². The fraction of sp³-hybridized carbons (Fsp3) is 0.235. The molecule has 2 unspecified atom stereocenters. The molecule has 0 aliphatic carbocycles. The summed E-state index contributed by atoms with van der Waals surface area (Å²) in [6.45, 7) is 10.8. The lowest BCUT2D eigenvalue weighted by molar-refractivity contribution is 0.303. The maximum atomic E-state index is 13.9. The van der Waals surface area contributed by atoms with Crippen LogP contribution >= 0.6 is 0 Å². The predicted octanol–water partition coefficient (Wildman–Crippen LogP) is 7.03. The van der Waals surface area contributed by atoms with Crippen LogP contribution in [0.2, 0.25) is 5.04 Å². The molecule has 6 heteroatoms. The average molecular weight is 588 g/mol. The van der Waals surface area contributed by atoms with Crippen LogP contribution in [-0.2, 0) is 26.0 Å². The van der Waals surface area contributed by atoms with Crippen LogP contribution in [0.5, 0.6) is 0 Å². The Morgan fingerprint density at radius 2 is 1.20 bits per heavy atom. The van der Waals surface area contributed by atoms with Crippen molar-refractivity contribution in [1.82, 2.24) is 0 Å². The Morgan fingerprint density at radius 3 is 1.65 bits per heavy atom. The van der Waals surface area contributed by atoms with E-state index in [1.54, 1.807) is 12.1 Å². The van der Waals surface area contributed by atoms with Crippen LogP contribution in [0.25, 0.3) is 0 Å². The van der Waals surface area contributed by atoms with Crippen LogP contribution in [0.4, 0.5) is 0 Å². The van der Waals surface area contributed by atoms with Gasteiger partial charge in [0.1, 0.15) is 0 Å². The van der Waals surface area contributed by atoms with Crippen LogP contribution in [0, 0.1) is 13.8 Å². The highest BCUT2D eigenvalue weighted by Gasteiger charge is 2.50. The topological polar surface area (TPSA) is 43.4 Å². The monoisotopic (exact) mass is 587 g/mol. The van der Waals surface area contributed by atoms with E-state index in [1.165, 1.54) is 0 Å². The lowest BCUT2D eigenvalue weighted by atomic mass is 10.2. The summed E-state index contributed by atoms with van der Waals surface area (Å²) >= 11 is 0. The Kier molecular flexibility index (Phi) is 9.43. The van der Waals surface area contributed by atoms with E-state index in [1.807, 2.05) is 86.6 Å². The molecule has 0 heterocycles. The van der Waals surface area contributed by atoms with Crippen molar-refractivity contribution in [1.29, 1.82) is 0 Å². The molecule has 0 fully saturated rings. The van der Waals surface area contributed by atoms with Gasteiger partial charge in [-0.3, -0.25) is 0 Å². The van der Waals surface area contributed by atoms with Gasteiger partial charge in [0, 0.05) is 33.1 Å². The van der Waals surface area contributed by atoms with Crippen molar-refractivity contribution in [2.75, 3.05) is 6.61 Å². The second kappa shape index (κ2) is 13.2. The molecule has 0 aliphatic heterocycles. The summed E-state index contributed by atoms with van der Waals surface area (Å²) in [6, 6.07) is 35.5. The number of aryl methyl sites for hydroxylation is 2. The lowest BCUT2D eigenvalue weighted by Gasteiger charge is -2.43. The minimum absolute atomic E-state index is 0.126. The van der Waals surface area contributed by atoms with Crippen LogP contribution < -0.4 is 10.4 Å². The molecule has 0 radical (unpaired) electrons. The highest BCUT2D eigenvalue weighted by atomic mass is 32.2. The minimum Gasteiger partial charge on any atom is -0.407 e. The minimum atomic E-state index is -2.83. The van der Waals surface area contributed by atoms with Crippen LogP contribution in [0.15, 0.2) is 129 Å². The summed E-state index contributed by atoms with van der Waals surface area (Å²) in [5.41, 5.74) is 2.10. The second-order valence-corrected chi connectivity index (χ2v) is 18.0. The van der Waals surface area contributed by atoms with Gasteiger partial charge in [-0.05, 0) is 53.5 Å². The molecular weight excluding hydrogens is 549 g/mol. The van der Waals surface area contributed by atoms with Crippen LogP contribution in [-0.4, -0.2) is 23.3 Å². The number of rotatable bonds is 10. The Labute approximate surface area is 246 Å². The standard InChI is InChI=1S/C34H38O3S2Si/c1-27-16-20-29(21-17-27)38(35)26-31(39(36)30-22-18-28(2)19-23-30)24-25-37-40(34(3,4)5,32-12-8-6-9-13-32)33-14-10-7-11-15-33/h6-23,26H,24-25H2,1-5H3/b31-26+/i26D. The molecule has 0 aliphatic rings. The Morgan fingerprint density at radius 1 is 0.750 bits per heavy atom. The Hall–Kier alpha value is -2.90. The zero-order valence-corrected chi connectivity index (χ0v) is 26.5. The zero-order valence-electron chi connectivity index (χ0n) is 24.8. The van der Waals surface area contributed by atoms with E-state index in [2.05, 4.69) is 45.0 Å². The quantitative estimate of drug-likeness (QED) is 0.187. The van der Waals surface area contributed by atoms with E-state index in [4.69, 9.17) is 5.80 Å². The van der Waals surface area contributed by atoms with Crippen LogP contribution in [0.3, 0.4) is 0 Å². The average Bonchev–Trinajstić information content (AvgIpc) is 2.97. The molecule has 4 rings (SSSR count). The van der Waals surface area contributed by atoms with Gasteiger partial charge in [-0.15, -0.1) is 0 Å². The van der Waals surface area contributed by atoms with Gasteiger partial charge in [-0.2, -0.15) is 0 Å². The van der Waals surface area contributed by atoms with Crippen molar-refractivity contribution in [2.45, 2.75) is 55.9 Å². The predicted molar refractivity (Wildman–Crippen MR) is 171 cm³/mol. The van der Waals surface area contributed by atoms with Gasteiger partial charge in [0.05, 0.1) is 23.0 Å². The third-order valence-electron chi connectivity index (χ3n) is 6.96. The highest BCUT2D eigenvalue weighted by Crippen LogP contribution is 2.37. The van der Waals surface area contributed by atoms with Crippen molar-refractivity contribution >= 4 is 40.3 Å². The molecule has 4 aromatic carbocycles. The molecule has 0 aromatic heterocycles. The van der Waals surface area contributed by atoms with Gasteiger partial charge >= 0.3 is 0 Å². The summed E-state index contributed by atoms with van der Waals surface area (Å²) < 4.78 is 43.5. The van der Waals surface area contributed by atoms with Crippen molar-refractivity contribution in [2.24, 2.45) is 0 Å². The molecule has 0 saturated carbocycles. The molecule has 40 heavy (non-hydrogen) atoms. The third-order valence-corrected chi connectivity index (χ3v) is 14.7. The Balaban J connectivity index is 1.76. The van der Waals surface area contributed by atoms with Crippen molar-refractivity contribution in [3.63, 3.8) is 0 Å². The van der Waals surface area contributed by atoms with Crippen molar-refractivity contribution in [3.05, 3.63) is 131 Å². The van der Waals surface area contributed by atoms with Gasteiger partial charge in [0.2, 0.25) is 0 Å². The Bertz CT molecular complexity index is 1490. The fourth-order valence-electron chi connectivity index (χ4n) is 4.87. The van der Waals surface area contributed by atoms with Gasteiger partial charge in [-0.25, -0.2) is 8.42 Å². The summed E-state index contributed by atoms with van der Waals surface area (Å²) in [5, 5.41) is 1.96. The molecule has 4 aromatic rings. The normalized spacial score (nSPS) is 14.7. The van der Waals surface area contributed by atoms with E-state index in [9.17, 15) is 8.42 Å². The smallest absolute Gasteiger partial charge is 0.261 e. The van der Waals surface area contributed by atoms with E-state index in [0.717, 1.165) is 21.5 Å². The maximum absolute atomic E-state index is 13.9. The highest BCUT2D eigenvalue weighted by molar-refractivity contribution is 7.92. The van der Waals surface area contributed by atoms with Gasteiger partial charge in [-0.1, -0.05) is 117 Å². The van der Waals surface area contributed by atoms with E-state index in [0.29, 0.717) is 14.7 Å². The second-order valence-electron chi connectivity index (χ2n) is 11.0. The van der Waals surface area contributed by atoms with Gasteiger partial charge in [0.25, 0.3) is 8.32 Å². The third kappa shape index (κ3) is 6.86. The van der Waals surface area contributed by atoms with Crippen molar-refractivity contribution in [3.8, 4) is 0 Å². The first-order valence-corrected chi connectivity index (χ1v) is 17.7. The molecule has 0 amide bonds. The van der Waals surface area contributed by atoms with E-state index >= 15 is 0 Å². The first-order valence-electron chi connectivity index (χ1n) is 14.0. The first kappa shape index (κ1) is 28.6. The number of hydrogen-bond donors (Lipinski definition) is 0. The molecule has 0 N–H and O–H groups in total. The van der Waals surface area contributed by atoms with Crippen molar-refractivity contribution < 1.29 is 14.2 Å². The molecular formula is C34H38O3S2Si. The van der Waals surface area contributed by atoms with Gasteiger partial charge < -0.3 is 4.43 Å². The summed E-state index contributed by atoms with van der Waals surface area (Å²) in [6.07, 6.45) is 0.224. The number of benzene rings is 4. The largest absolute Gasteiger partial charge is 0.407 e. The lowest BCUT2D eigenvalue weighted by Crippen LogP contribution is -2.66. The summed E-state index contributed by atoms with van der Waals surface area (Å²) in [4.78, 5) is 1.43. The summed E-state index contributed by atoms with van der Waals surface area (Å²) in [5.74, 6) is 0. The molecule has 0 saturated heterocycles. The zero-order chi connectivity index (χ0) is 29.6. The molecule has 3 nitrogen and oxygen atoms in total.